The lowest BCUT2D eigenvalue weighted by Crippen LogP contribution is -2.41. The molecule has 1 aliphatic rings. The summed E-state index contributed by atoms with van der Waals surface area (Å²) in [7, 11) is 0. The van der Waals surface area contributed by atoms with E-state index in [0.717, 1.165) is 24.3 Å². The largest absolute Gasteiger partial charge is 0.352 e. The van der Waals surface area contributed by atoms with Crippen molar-refractivity contribution in [1.82, 2.24) is 15.6 Å². The molecular formula is C15H25N3OS. The molecule has 1 heterocycles. The summed E-state index contributed by atoms with van der Waals surface area (Å²) in [4.78, 5) is 16.3. The summed E-state index contributed by atoms with van der Waals surface area (Å²) in [6.07, 6.45) is 10.1. The summed E-state index contributed by atoms with van der Waals surface area (Å²) >= 11 is 1.64. The van der Waals surface area contributed by atoms with Crippen molar-refractivity contribution in [3.8, 4) is 0 Å². The summed E-state index contributed by atoms with van der Waals surface area (Å²) in [5.74, 6) is 0.118. The second-order valence-corrected chi connectivity index (χ2v) is 6.39. The average molecular weight is 295 g/mol. The maximum absolute atomic E-state index is 12.0. The lowest BCUT2D eigenvalue weighted by atomic mass is 10.1. The van der Waals surface area contributed by atoms with Crippen molar-refractivity contribution in [2.24, 2.45) is 0 Å². The fourth-order valence-corrected chi connectivity index (χ4v) is 3.53. The smallest absolute Gasteiger partial charge is 0.234 e. The van der Waals surface area contributed by atoms with E-state index in [0.29, 0.717) is 12.6 Å². The van der Waals surface area contributed by atoms with Crippen LogP contribution in [0.2, 0.25) is 0 Å². The standard InChI is InChI=1S/C15H25N3OS/c1-2-13(15-16-9-10-20-15)17-11-14(19)18-12-7-5-3-4-6-8-12/h9-10,12-13,17H,2-8,11H2,1H3,(H,18,19). The Morgan fingerprint density at radius 1 is 1.40 bits per heavy atom. The summed E-state index contributed by atoms with van der Waals surface area (Å²) in [5, 5.41) is 9.52. The first-order valence-electron chi connectivity index (χ1n) is 7.71. The predicted octanol–water partition coefficient (Wildman–Crippen LogP) is 3.02. The molecule has 1 fully saturated rings. The predicted molar refractivity (Wildman–Crippen MR) is 82.8 cm³/mol. The van der Waals surface area contributed by atoms with Crippen LogP contribution in [0, 0.1) is 0 Å². The van der Waals surface area contributed by atoms with Gasteiger partial charge in [0.25, 0.3) is 0 Å². The Balaban J connectivity index is 1.73. The van der Waals surface area contributed by atoms with Crippen LogP contribution in [0.5, 0.6) is 0 Å². The SMILES string of the molecule is CCC(NCC(=O)NC1CCCCCC1)c1nccs1. The molecule has 2 rings (SSSR count). The molecule has 0 aromatic carbocycles. The fraction of sp³-hybridized carbons (Fsp3) is 0.733. The molecule has 112 valence electrons. The normalized spacial score (nSPS) is 18.4. The molecule has 20 heavy (non-hydrogen) atoms. The molecular weight excluding hydrogens is 270 g/mol. The Hall–Kier alpha value is -0.940. The van der Waals surface area contributed by atoms with Crippen LogP contribution in [0.1, 0.15) is 62.9 Å². The highest BCUT2D eigenvalue weighted by atomic mass is 32.1. The topological polar surface area (TPSA) is 54.0 Å². The van der Waals surface area contributed by atoms with Gasteiger partial charge in [-0.2, -0.15) is 0 Å². The maximum atomic E-state index is 12.0. The Labute approximate surface area is 125 Å². The number of hydrogen-bond acceptors (Lipinski definition) is 4. The number of carbonyl (C=O) groups is 1. The number of hydrogen-bond donors (Lipinski definition) is 2. The lowest BCUT2D eigenvalue weighted by Gasteiger charge is -2.18. The quantitative estimate of drug-likeness (QED) is 0.793. The number of aromatic nitrogens is 1. The molecule has 1 amide bonds. The maximum Gasteiger partial charge on any atom is 0.234 e. The van der Waals surface area contributed by atoms with E-state index in [-0.39, 0.29) is 11.9 Å². The third-order valence-corrected chi connectivity index (χ3v) is 4.78. The molecule has 0 aliphatic heterocycles. The average Bonchev–Trinajstić information content (AvgIpc) is 2.85. The van der Waals surface area contributed by atoms with Gasteiger partial charge in [0.15, 0.2) is 0 Å². The van der Waals surface area contributed by atoms with Crippen LogP contribution >= 0.6 is 11.3 Å². The Morgan fingerprint density at radius 3 is 2.75 bits per heavy atom. The van der Waals surface area contributed by atoms with E-state index in [1.807, 2.05) is 11.6 Å². The van der Waals surface area contributed by atoms with E-state index in [2.05, 4.69) is 22.5 Å². The van der Waals surface area contributed by atoms with Gasteiger partial charge in [-0.05, 0) is 19.3 Å². The zero-order valence-electron chi connectivity index (χ0n) is 12.2. The molecule has 1 aliphatic carbocycles. The molecule has 0 radical (unpaired) electrons. The minimum Gasteiger partial charge on any atom is -0.352 e. The monoisotopic (exact) mass is 295 g/mol. The first-order chi connectivity index (χ1) is 9.79. The summed E-state index contributed by atoms with van der Waals surface area (Å²) < 4.78 is 0. The molecule has 0 saturated heterocycles. The highest BCUT2D eigenvalue weighted by Crippen LogP contribution is 2.19. The van der Waals surface area contributed by atoms with E-state index in [4.69, 9.17) is 0 Å². The van der Waals surface area contributed by atoms with Gasteiger partial charge in [0.2, 0.25) is 5.91 Å². The van der Waals surface area contributed by atoms with Gasteiger partial charge < -0.3 is 5.32 Å². The Bertz CT molecular complexity index is 386. The molecule has 2 N–H and O–H groups in total. The van der Waals surface area contributed by atoms with Crippen molar-refractivity contribution in [1.29, 1.82) is 0 Å². The van der Waals surface area contributed by atoms with Crippen LogP contribution in [0.3, 0.4) is 0 Å². The van der Waals surface area contributed by atoms with Crippen LogP contribution in [0.25, 0.3) is 0 Å². The van der Waals surface area contributed by atoms with Crippen LogP contribution in [-0.4, -0.2) is 23.5 Å². The minimum atomic E-state index is 0.118. The number of amides is 1. The second-order valence-electron chi connectivity index (χ2n) is 5.47. The molecule has 5 heteroatoms. The summed E-state index contributed by atoms with van der Waals surface area (Å²) in [6.45, 7) is 2.50. The van der Waals surface area contributed by atoms with Crippen molar-refractivity contribution in [2.45, 2.75) is 64.0 Å². The molecule has 1 aromatic heterocycles. The van der Waals surface area contributed by atoms with Gasteiger partial charge in [-0.3, -0.25) is 10.1 Å². The molecule has 0 bridgehead atoms. The van der Waals surface area contributed by atoms with E-state index < -0.39 is 0 Å². The van der Waals surface area contributed by atoms with Crippen LogP contribution in [-0.2, 0) is 4.79 Å². The van der Waals surface area contributed by atoms with Gasteiger partial charge in [0, 0.05) is 17.6 Å². The van der Waals surface area contributed by atoms with Crippen LogP contribution in [0.4, 0.5) is 0 Å². The van der Waals surface area contributed by atoms with Crippen LogP contribution in [0.15, 0.2) is 11.6 Å². The number of nitrogens with one attached hydrogen (secondary N) is 2. The number of rotatable bonds is 6. The fourth-order valence-electron chi connectivity index (χ4n) is 2.73. The first-order valence-corrected chi connectivity index (χ1v) is 8.59. The van der Waals surface area contributed by atoms with Gasteiger partial charge >= 0.3 is 0 Å². The van der Waals surface area contributed by atoms with Crippen molar-refractivity contribution in [2.75, 3.05) is 6.54 Å². The number of thiazole rings is 1. The van der Waals surface area contributed by atoms with Crippen molar-refractivity contribution in [3.05, 3.63) is 16.6 Å². The summed E-state index contributed by atoms with van der Waals surface area (Å²) in [5.41, 5.74) is 0. The lowest BCUT2D eigenvalue weighted by molar-refractivity contribution is -0.121. The van der Waals surface area contributed by atoms with Gasteiger partial charge in [-0.15, -0.1) is 11.3 Å². The highest BCUT2D eigenvalue weighted by molar-refractivity contribution is 7.09. The third kappa shape index (κ3) is 4.87. The zero-order chi connectivity index (χ0) is 14.2. The zero-order valence-corrected chi connectivity index (χ0v) is 13.0. The van der Waals surface area contributed by atoms with E-state index in [1.165, 1.54) is 25.7 Å². The molecule has 1 aromatic rings. The van der Waals surface area contributed by atoms with E-state index >= 15 is 0 Å². The van der Waals surface area contributed by atoms with Crippen molar-refractivity contribution < 1.29 is 4.79 Å². The Kier molecular flexibility index (Phi) is 6.47. The second kappa shape index (κ2) is 8.37. The van der Waals surface area contributed by atoms with Crippen molar-refractivity contribution >= 4 is 17.2 Å². The Morgan fingerprint density at radius 2 is 2.15 bits per heavy atom. The minimum absolute atomic E-state index is 0.118. The first kappa shape index (κ1) is 15.4. The van der Waals surface area contributed by atoms with E-state index in [9.17, 15) is 4.79 Å². The number of nitrogens with zero attached hydrogens (tertiary/aromatic N) is 1. The van der Waals surface area contributed by atoms with Gasteiger partial charge in [0.05, 0.1) is 12.6 Å². The highest BCUT2D eigenvalue weighted by Gasteiger charge is 2.16. The van der Waals surface area contributed by atoms with Gasteiger partial charge in [-0.1, -0.05) is 32.6 Å². The van der Waals surface area contributed by atoms with Gasteiger partial charge in [-0.25, -0.2) is 4.98 Å². The molecule has 1 atom stereocenters. The third-order valence-electron chi connectivity index (χ3n) is 3.89. The molecule has 4 nitrogen and oxygen atoms in total. The summed E-state index contributed by atoms with van der Waals surface area (Å²) in [6, 6.07) is 0.571. The van der Waals surface area contributed by atoms with Gasteiger partial charge in [0.1, 0.15) is 5.01 Å². The number of carbonyl (C=O) groups excluding carboxylic acids is 1. The molecule has 1 saturated carbocycles. The molecule has 1 unspecified atom stereocenters. The van der Waals surface area contributed by atoms with Crippen LogP contribution < -0.4 is 10.6 Å². The van der Waals surface area contributed by atoms with Crippen molar-refractivity contribution in [3.63, 3.8) is 0 Å². The molecule has 0 spiro atoms. The van der Waals surface area contributed by atoms with E-state index in [1.54, 1.807) is 11.3 Å².